The molecule has 0 bridgehead atoms. The van der Waals surface area contributed by atoms with E-state index in [0.29, 0.717) is 21.4 Å². The molecule has 1 amide bonds. The molecular formula is C14H11Cl2FN2O. The van der Waals surface area contributed by atoms with Crippen LogP contribution in [0.2, 0.25) is 10.0 Å². The Bertz CT molecular complexity index is 617. The van der Waals surface area contributed by atoms with Crippen molar-refractivity contribution < 1.29 is 9.18 Å². The second kappa shape index (κ2) is 6.59. The maximum atomic E-state index is 12.7. The molecule has 2 aromatic carbocycles. The van der Waals surface area contributed by atoms with Gasteiger partial charge in [-0.15, -0.1) is 0 Å². The lowest BCUT2D eigenvalue weighted by molar-refractivity contribution is -0.114. The number of amides is 1. The number of anilines is 2. The van der Waals surface area contributed by atoms with Crippen LogP contribution < -0.4 is 10.6 Å². The van der Waals surface area contributed by atoms with Gasteiger partial charge in [-0.1, -0.05) is 23.2 Å². The second-order valence-electron chi connectivity index (χ2n) is 4.03. The molecule has 0 aliphatic rings. The molecule has 0 aliphatic heterocycles. The number of carbonyl (C=O) groups is 1. The highest BCUT2D eigenvalue weighted by atomic mass is 35.5. The molecule has 6 heteroatoms. The molecule has 3 nitrogen and oxygen atoms in total. The first kappa shape index (κ1) is 14.6. The van der Waals surface area contributed by atoms with Crippen molar-refractivity contribution in [3.8, 4) is 0 Å². The summed E-state index contributed by atoms with van der Waals surface area (Å²) in [7, 11) is 0. The zero-order chi connectivity index (χ0) is 14.5. The first-order valence-corrected chi connectivity index (χ1v) is 6.54. The average Bonchev–Trinajstić information content (AvgIpc) is 2.40. The maximum Gasteiger partial charge on any atom is 0.243 e. The normalized spacial score (nSPS) is 10.2. The standard InChI is InChI=1S/C14H11Cl2FN2O/c15-9-1-6-13(12(16)7-9)18-8-14(20)19-11-4-2-10(17)3-5-11/h1-7,18H,8H2,(H,19,20). The summed E-state index contributed by atoms with van der Waals surface area (Å²) in [5.74, 6) is -0.614. The molecule has 2 aromatic rings. The maximum absolute atomic E-state index is 12.7. The van der Waals surface area contributed by atoms with E-state index in [2.05, 4.69) is 10.6 Å². The predicted molar refractivity (Wildman–Crippen MR) is 80.0 cm³/mol. The van der Waals surface area contributed by atoms with Crippen LogP contribution >= 0.6 is 23.2 Å². The molecular weight excluding hydrogens is 302 g/mol. The van der Waals surface area contributed by atoms with Gasteiger partial charge in [0.2, 0.25) is 5.91 Å². The summed E-state index contributed by atoms with van der Waals surface area (Å²) in [6, 6.07) is 10.5. The number of hydrogen-bond acceptors (Lipinski definition) is 2. The third kappa shape index (κ3) is 4.11. The van der Waals surface area contributed by atoms with Crippen LogP contribution in [0.25, 0.3) is 0 Å². The van der Waals surface area contributed by atoms with Crippen LogP contribution in [0.15, 0.2) is 42.5 Å². The van der Waals surface area contributed by atoms with Gasteiger partial charge in [0.1, 0.15) is 5.82 Å². The van der Waals surface area contributed by atoms with Crippen molar-refractivity contribution in [3.63, 3.8) is 0 Å². The largest absolute Gasteiger partial charge is 0.375 e. The van der Waals surface area contributed by atoms with Gasteiger partial charge in [-0.2, -0.15) is 0 Å². The van der Waals surface area contributed by atoms with E-state index in [1.165, 1.54) is 24.3 Å². The molecule has 20 heavy (non-hydrogen) atoms. The molecule has 0 aliphatic carbocycles. The van der Waals surface area contributed by atoms with Crippen molar-refractivity contribution in [3.05, 3.63) is 58.3 Å². The van der Waals surface area contributed by atoms with E-state index in [4.69, 9.17) is 23.2 Å². The van der Waals surface area contributed by atoms with Crippen LogP contribution in [0.1, 0.15) is 0 Å². The second-order valence-corrected chi connectivity index (χ2v) is 4.88. The fourth-order valence-electron chi connectivity index (χ4n) is 1.55. The van der Waals surface area contributed by atoms with Gasteiger partial charge in [-0.05, 0) is 42.5 Å². The van der Waals surface area contributed by atoms with Crippen molar-refractivity contribution in [2.24, 2.45) is 0 Å². The van der Waals surface area contributed by atoms with E-state index in [-0.39, 0.29) is 18.3 Å². The lowest BCUT2D eigenvalue weighted by Crippen LogP contribution is -2.21. The Morgan fingerprint density at radius 2 is 1.80 bits per heavy atom. The SMILES string of the molecule is O=C(CNc1ccc(Cl)cc1Cl)Nc1ccc(F)cc1. The van der Waals surface area contributed by atoms with Gasteiger partial charge in [0.25, 0.3) is 0 Å². The summed E-state index contributed by atoms with van der Waals surface area (Å²) in [6.07, 6.45) is 0. The Morgan fingerprint density at radius 3 is 2.45 bits per heavy atom. The fraction of sp³-hybridized carbons (Fsp3) is 0.0714. The zero-order valence-corrected chi connectivity index (χ0v) is 11.8. The molecule has 0 unspecified atom stereocenters. The average molecular weight is 313 g/mol. The third-order valence-electron chi connectivity index (χ3n) is 2.50. The summed E-state index contributed by atoms with van der Waals surface area (Å²) >= 11 is 11.7. The first-order valence-electron chi connectivity index (χ1n) is 5.79. The Hall–Kier alpha value is -1.78. The Balaban J connectivity index is 1.90. The van der Waals surface area contributed by atoms with Crippen LogP contribution in [0.4, 0.5) is 15.8 Å². The summed E-state index contributed by atoms with van der Waals surface area (Å²) in [5.41, 5.74) is 1.14. The van der Waals surface area contributed by atoms with Gasteiger partial charge in [0.05, 0.1) is 17.3 Å². The Labute approximate surface area is 125 Å². The van der Waals surface area contributed by atoms with Gasteiger partial charge >= 0.3 is 0 Å². The van der Waals surface area contributed by atoms with Crippen LogP contribution in [0, 0.1) is 5.82 Å². The molecule has 104 valence electrons. The number of halogens is 3. The highest BCUT2D eigenvalue weighted by Crippen LogP contribution is 2.25. The van der Waals surface area contributed by atoms with Crippen molar-refractivity contribution in [1.29, 1.82) is 0 Å². The van der Waals surface area contributed by atoms with Crippen molar-refractivity contribution in [2.45, 2.75) is 0 Å². The number of rotatable bonds is 4. The third-order valence-corrected chi connectivity index (χ3v) is 3.05. The summed E-state index contributed by atoms with van der Waals surface area (Å²) in [4.78, 5) is 11.7. The van der Waals surface area contributed by atoms with Crippen molar-refractivity contribution in [2.75, 3.05) is 17.2 Å². The van der Waals surface area contributed by atoms with E-state index in [1.807, 2.05) is 0 Å². The molecule has 0 heterocycles. The highest BCUT2D eigenvalue weighted by molar-refractivity contribution is 6.36. The molecule has 0 spiro atoms. The van der Waals surface area contributed by atoms with Crippen molar-refractivity contribution in [1.82, 2.24) is 0 Å². The van der Waals surface area contributed by atoms with E-state index < -0.39 is 0 Å². The number of carbonyl (C=O) groups excluding carboxylic acids is 1. The van der Waals surface area contributed by atoms with E-state index in [1.54, 1.807) is 18.2 Å². The molecule has 0 fully saturated rings. The summed E-state index contributed by atoms with van der Waals surface area (Å²) in [6.45, 7) is 0.0404. The zero-order valence-electron chi connectivity index (χ0n) is 10.3. The van der Waals surface area contributed by atoms with E-state index >= 15 is 0 Å². The Morgan fingerprint density at radius 1 is 1.10 bits per heavy atom. The molecule has 2 rings (SSSR count). The molecule has 0 aromatic heterocycles. The van der Waals surface area contributed by atoms with Gasteiger partial charge in [0, 0.05) is 10.7 Å². The minimum absolute atomic E-state index is 0.0404. The van der Waals surface area contributed by atoms with Gasteiger partial charge in [0.15, 0.2) is 0 Å². The van der Waals surface area contributed by atoms with E-state index in [9.17, 15) is 9.18 Å². The topological polar surface area (TPSA) is 41.1 Å². The molecule has 0 saturated heterocycles. The quantitative estimate of drug-likeness (QED) is 0.889. The summed E-state index contributed by atoms with van der Waals surface area (Å²) < 4.78 is 12.7. The van der Waals surface area contributed by atoms with Gasteiger partial charge < -0.3 is 10.6 Å². The molecule has 0 saturated carbocycles. The summed E-state index contributed by atoms with van der Waals surface area (Å²) in [5, 5.41) is 6.49. The smallest absolute Gasteiger partial charge is 0.243 e. The lowest BCUT2D eigenvalue weighted by Gasteiger charge is -2.09. The van der Waals surface area contributed by atoms with Crippen LogP contribution in [0.3, 0.4) is 0 Å². The fourth-order valence-corrected chi connectivity index (χ4v) is 2.02. The van der Waals surface area contributed by atoms with E-state index in [0.717, 1.165) is 0 Å². The predicted octanol–water partition coefficient (Wildman–Crippen LogP) is 4.18. The Kier molecular flexibility index (Phi) is 4.82. The molecule has 0 atom stereocenters. The van der Waals surface area contributed by atoms with Crippen LogP contribution in [0.5, 0.6) is 0 Å². The highest BCUT2D eigenvalue weighted by Gasteiger charge is 2.05. The number of nitrogens with one attached hydrogen (secondary N) is 2. The van der Waals surface area contributed by atoms with Gasteiger partial charge in [-0.3, -0.25) is 4.79 Å². The van der Waals surface area contributed by atoms with Gasteiger partial charge in [-0.25, -0.2) is 4.39 Å². The monoisotopic (exact) mass is 312 g/mol. The van der Waals surface area contributed by atoms with Crippen molar-refractivity contribution >= 4 is 40.5 Å². The number of hydrogen-bond donors (Lipinski definition) is 2. The first-order chi connectivity index (χ1) is 9.54. The minimum Gasteiger partial charge on any atom is -0.375 e. The minimum atomic E-state index is -0.353. The molecule has 0 radical (unpaired) electrons. The lowest BCUT2D eigenvalue weighted by atomic mass is 10.3. The number of benzene rings is 2. The molecule has 2 N–H and O–H groups in total. The van der Waals surface area contributed by atoms with Crippen LogP contribution in [-0.4, -0.2) is 12.5 Å². The van der Waals surface area contributed by atoms with Crippen LogP contribution in [-0.2, 0) is 4.79 Å².